The quantitative estimate of drug-likeness (QED) is 0.147. The van der Waals surface area contributed by atoms with E-state index >= 15 is 0 Å². The first-order valence-electron chi connectivity index (χ1n) is 12.6. The van der Waals surface area contributed by atoms with E-state index in [1.807, 2.05) is 0 Å². The van der Waals surface area contributed by atoms with Crippen LogP contribution >= 0.6 is 0 Å². The molecule has 0 spiro atoms. The van der Waals surface area contributed by atoms with Crippen LogP contribution in [0.5, 0.6) is 0 Å². The van der Waals surface area contributed by atoms with E-state index < -0.39 is 5.97 Å². The van der Waals surface area contributed by atoms with Crippen molar-refractivity contribution in [3.63, 3.8) is 0 Å². The molecule has 166 valence electrons. The summed E-state index contributed by atoms with van der Waals surface area (Å²) in [5, 5.41) is 8.50. The van der Waals surface area contributed by atoms with E-state index in [9.17, 15) is 4.79 Å². The van der Waals surface area contributed by atoms with Gasteiger partial charge >= 0.3 is 5.97 Å². The SMILES string of the molecule is CCC(C)CCCCCCCCCCCCCCCCCCCC=CC(=O)O. The molecule has 0 rings (SSSR count). The average Bonchev–Trinajstić information content (AvgIpc) is 2.68. The van der Waals surface area contributed by atoms with Crippen molar-refractivity contribution < 1.29 is 9.90 Å². The lowest BCUT2D eigenvalue weighted by Gasteiger charge is -2.07. The summed E-state index contributed by atoms with van der Waals surface area (Å²) in [4.78, 5) is 10.3. The lowest BCUT2D eigenvalue weighted by molar-refractivity contribution is -0.131. The highest BCUT2D eigenvalue weighted by atomic mass is 16.4. The van der Waals surface area contributed by atoms with Crippen LogP contribution in [-0.4, -0.2) is 11.1 Å². The molecule has 0 saturated heterocycles. The van der Waals surface area contributed by atoms with E-state index in [1.165, 1.54) is 122 Å². The van der Waals surface area contributed by atoms with Gasteiger partial charge in [-0.2, -0.15) is 0 Å². The smallest absolute Gasteiger partial charge is 0.327 e. The molecule has 0 heterocycles. The van der Waals surface area contributed by atoms with Gasteiger partial charge in [0.15, 0.2) is 0 Å². The van der Waals surface area contributed by atoms with Gasteiger partial charge in [-0.1, -0.05) is 135 Å². The first kappa shape index (κ1) is 27.2. The van der Waals surface area contributed by atoms with E-state index in [0.29, 0.717) is 0 Å². The Morgan fingerprint density at radius 1 is 0.679 bits per heavy atom. The summed E-state index contributed by atoms with van der Waals surface area (Å²) in [6.45, 7) is 4.69. The van der Waals surface area contributed by atoms with Gasteiger partial charge in [-0.25, -0.2) is 4.79 Å². The number of carboxylic acids is 1. The molecule has 0 aromatic heterocycles. The molecule has 0 aliphatic rings. The van der Waals surface area contributed by atoms with Crippen LogP contribution in [0.3, 0.4) is 0 Å². The van der Waals surface area contributed by atoms with Crippen LogP contribution in [0.2, 0.25) is 0 Å². The van der Waals surface area contributed by atoms with Crippen LogP contribution in [0, 0.1) is 5.92 Å². The molecule has 0 fully saturated rings. The third-order valence-electron chi connectivity index (χ3n) is 6.03. The molecule has 0 saturated carbocycles. The number of unbranched alkanes of at least 4 members (excludes halogenated alkanes) is 17. The molecule has 1 atom stereocenters. The van der Waals surface area contributed by atoms with Crippen LogP contribution in [0.4, 0.5) is 0 Å². The Morgan fingerprint density at radius 2 is 1.04 bits per heavy atom. The minimum atomic E-state index is -0.831. The van der Waals surface area contributed by atoms with E-state index in [1.54, 1.807) is 6.08 Å². The van der Waals surface area contributed by atoms with E-state index in [-0.39, 0.29) is 0 Å². The molecular formula is C26H50O2. The number of carbonyl (C=O) groups is 1. The van der Waals surface area contributed by atoms with Crippen LogP contribution in [0.15, 0.2) is 12.2 Å². The van der Waals surface area contributed by atoms with Crippen molar-refractivity contribution in [2.75, 3.05) is 0 Å². The van der Waals surface area contributed by atoms with Gasteiger partial charge in [0, 0.05) is 6.08 Å². The molecule has 0 aliphatic carbocycles. The van der Waals surface area contributed by atoms with Gasteiger partial charge in [0.25, 0.3) is 0 Å². The second kappa shape index (κ2) is 22.5. The summed E-state index contributed by atoms with van der Waals surface area (Å²) < 4.78 is 0. The first-order chi connectivity index (χ1) is 13.7. The first-order valence-corrected chi connectivity index (χ1v) is 12.6. The van der Waals surface area contributed by atoms with Gasteiger partial charge in [0.05, 0.1) is 0 Å². The summed E-state index contributed by atoms with van der Waals surface area (Å²) >= 11 is 0. The zero-order valence-corrected chi connectivity index (χ0v) is 19.2. The monoisotopic (exact) mass is 394 g/mol. The van der Waals surface area contributed by atoms with Crippen LogP contribution < -0.4 is 0 Å². The summed E-state index contributed by atoms with van der Waals surface area (Å²) in [7, 11) is 0. The Balaban J connectivity index is 3.06. The Kier molecular flexibility index (Phi) is 21.9. The minimum Gasteiger partial charge on any atom is -0.478 e. The number of hydrogen-bond donors (Lipinski definition) is 1. The third kappa shape index (κ3) is 23.2. The van der Waals surface area contributed by atoms with Gasteiger partial charge < -0.3 is 5.11 Å². The fraction of sp³-hybridized carbons (Fsp3) is 0.885. The highest BCUT2D eigenvalue weighted by Gasteiger charge is 1.98. The predicted octanol–water partition coefficient (Wildman–Crippen LogP) is 9.09. The Morgan fingerprint density at radius 3 is 1.39 bits per heavy atom. The van der Waals surface area contributed by atoms with Gasteiger partial charge in [-0.3, -0.25) is 0 Å². The highest BCUT2D eigenvalue weighted by molar-refractivity contribution is 5.79. The molecule has 0 aromatic rings. The second-order valence-electron chi connectivity index (χ2n) is 8.84. The van der Waals surface area contributed by atoms with Crippen molar-refractivity contribution in [1.29, 1.82) is 0 Å². The molecule has 2 heteroatoms. The van der Waals surface area contributed by atoms with Gasteiger partial charge in [0.1, 0.15) is 0 Å². The molecular weight excluding hydrogens is 344 g/mol. The van der Waals surface area contributed by atoms with Crippen LogP contribution in [0.25, 0.3) is 0 Å². The fourth-order valence-electron chi connectivity index (χ4n) is 3.79. The van der Waals surface area contributed by atoms with Gasteiger partial charge in [-0.15, -0.1) is 0 Å². The number of hydrogen-bond acceptors (Lipinski definition) is 1. The van der Waals surface area contributed by atoms with Crippen molar-refractivity contribution in [2.24, 2.45) is 5.92 Å². The number of allylic oxidation sites excluding steroid dienone is 1. The van der Waals surface area contributed by atoms with Crippen LogP contribution in [0.1, 0.15) is 142 Å². The molecule has 1 N–H and O–H groups in total. The summed E-state index contributed by atoms with van der Waals surface area (Å²) in [6, 6.07) is 0. The summed E-state index contributed by atoms with van der Waals surface area (Å²) in [6.07, 6.45) is 30.4. The third-order valence-corrected chi connectivity index (χ3v) is 6.03. The fourth-order valence-corrected chi connectivity index (χ4v) is 3.79. The average molecular weight is 395 g/mol. The Hall–Kier alpha value is -0.790. The minimum absolute atomic E-state index is 0.831. The molecule has 28 heavy (non-hydrogen) atoms. The maximum absolute atomic E-state index is 10.3. The summed E-state index contributed by atoms with van der Waals surface area (Å²) in [5.41, 5.74) is 0. The van der Waals surface area contributed by atoms with Gasteiger partial charge in [-0.05, 0) is 18.8 Å². The van der Waals surface area contributed by atoms with Crippen molar-refractivity contribution in [3.05, 3.63) is 12.2 Å². The summed E-state index contributed by atoms with van der Waals surface area (Å²) in [5.74, 6) is 0.0994. The molecule has 1 unspecified atom stereocenters. The van der Waals surface area contributed by atoms with Crippen molar-refractivity contribution >= 4 is 5.97 Å². The zero-order chi connectivity index (χ0) is 20.7. The predicted molar refractivity (Wildman–Crippen MR) is 124 cm³/mol. The van der Waals surface area contributed by atoms with Gasteiger partial charge in [0.2, 0.25) is 0 Å². The Bertz CT molecular complexity index is 348. The van der Waals surface area contributed by atoms with E-state index in [4.69, 9.17) is 5.11 Å². The maximum atomic E-state index is 10.3. The molecule has 0 aliphatic heterocycles. The lowest BCUT2D eigenvalue weighted by atomic mass is 9.99. The molecule has 0 aromatic carbocycles. The molecule has 2 nitrogen and oxygen atoms in total. The standard InChI is InChI=1S/C26H50O2/c1-3-25(2)23-21-19-17-15-13-11-9-7-5-4-6-8-10-12-14-16-18-20-22-24-26(27)28/h22,24-25H,3-21,23H2,1-2H3,(H,27,28). The van der Waals surface area contributed by atoms with Crippen LogP contribution in [-0.2, 0) is 4.79 Å². The zero-order valence-electron chi connectivity index (χ0n) is 19.2. The van der Waals surface area contributed by atoms with Crippen molar-refractivity contribution in [1.82, 2.24) is 0 Å². The molecule has 0 amide bonds. The lowest BCUT2D eigenvalue weighted by Crippen LogP contribution is -1.91. The maximum Gasteiger partial charge on any atom is 0.327 e. The Labute approximate surface area is 176 Å². The molecule has 0 bridgehead atoms. The molecule has 0 radical (unpaired) electrons. The second-order valence-corrected chi connectivity index (χ2v) is 8.84. The number of aliphatic carboxylic acids is 1. The number of carboxylic acid groups (broad SMARTS) is 1. The normalized spacial score (nSPS) is 12.6. The van der Waals surface area contributed by atoms with E-state index in [2.05, 4.69) is 13.8 Å². The number of rotatable bonds is 22. The topological polar surface area (TPSA) is 37.3 Å². The van der Waals surface area contributed by atoms with Crippen molar-refractivity contribution in [2.45, 2.75) is 142 Å². The van der Waals surface area contributed by atoms with E-state index in [0.717, 1.165) is 18.8 Å². The highest BCUT2D eigenvalue weighted by Crippen LogP contribution is 2.16. The largest absolute Gasteiger partial charge is 0.478 e. The van der Waals surface area contributed by atoms with Crippen molar-refractivity contribution in [3.8, 4) is 0 Å².